The van der Waals surface area contributed by atoms with Crippen LogP contribution in [0.5, 0.6) is 0 Å². The minimum atomic E-state index is 0.0717. The smallest absolute Gasteiger partial charge is 0.233 e. The van der Waals surface area contributed by atoms with E-state index in [4.69, 9.17) is 0 Å². The summed E-state index contributed by atoms with van der Waals surface area (Å²) in [5.74, 6) is 0.421. The highest BCUT2D eigenvalue weighted by Gasteiger charge is 2.12. The lowest BCUT2D eigenvalue weighted by Crippen LogP contribution is -2.27. The molecule has 1 heterocycles. The van der Waals surface area contributed by atoms with Gasteiger partial charge in [0.1, 0.15) is 0 Å². The number of hydrogen-bond donors (Lipinski definition) is 1. The van der Waals surface area contributed by atoms with Gasteiger partial charge in [0.25, 0.3) is 0 Å². The SMILES string of the molecule is Cc1ccccc1Nc1nnc(SCC(=O)N(C)Cc2ccccc2)s1. The van der Waals surface area contributed by atoms with Crippen molar-refractivity contribution in [1.82, 2.24) is 15.1 Å². The molecule has 0 bridgehead atoms. The van der Waals surface area contributed by atoms with E-state index in [-0.39, 0.29) is 5.91 Å². The van der Waals surface area contributed by atoms with Crippen LogP contribution in [-0.2, 0) is 11.3 Å². The van der Waals surface area contributed by atoms with Gasteiger partial charge in [-0.05, 0) is 24.1 Å². The van der Waals surface area contributed by atoms with Gasteiger partial charge in [0.15, 0.2) is 4.34 Å². The van der Waals surface area contributed by atoms with Crippen molar-refractivity contribution in [1.29, 1.82) is 0 Å². The zero-order valence-electron chi connectivity index (χ0n) is 14.7. The number of para-hydroxylation sites is 1. The Balaban J connectivity index is 1.51. The van der Waals surface area contributed by atoms with Gasteiger partial charge >= 0.3 is 0 Å². The molecule has 134 valence electrons. The Morgan fingerprint density at radius 3 is 2.62 bits per heavy atom. The second-order valence-electron chi connectivity index (χ2n) is 5.84. The molecule has 0 aliphatic rings. The van der Waals surface area contributed by atoms with Gasteiger partial charge in [-0.2, -0.15) is 0 Å². The lowest BCUT2D eigenvalue weighted by molar-refractivity contribution is -0.127. The van der Waals surface area contributed by atoms with Gasteiger partial charge < -0.3 is 10.2 Å². The highest BCUT2D eigenvalue weighted by atomic mass is 32.2. The van der Waals surface area contributed by atoms with Crippen LogP contribution in [0.2, 0.25) is 0 Å². The van der Waals surface area contributed by atoms with E-state index in [1.807, 2.05) is 68.6 Å². The average molecular weight is 385 g/mol. The zero-order valence-corrected chi connectivity index (χ0v) is 16.3. The number of carbonyl (C=O) groups is 1. The lowest BCUT2D eigenvalue weighted by Gasteiger charge is -2.16. The van der Waals surface area contributed by atoms with Crippen molar-refractivity contribution in [2.24, 2.45) is 0 Å². The molecule has 0 saturated carbocycles. The van der Waals surface area contributed by atoms with Gasteiger partial charge in [-0.15, -0.1) is 10.2 Å². The monoisotopic (exact) mass is 384 g/mol. The van der Waals surface area contributed by atoms with Gasteiger partial charge in [0.05, 0.1) is 5.75 Å². The van der Waals surface area contributed by atoms with Crippen LogP contribution in [0.25, 0.3) is 0 Å². The molecule has 1 N–H and O–H groups in total. The van der Waals surface area contributed by atoms with E-state index in [9.17, 15) is 4.79 Å². The predicted molar refractivity (Wildman–Crippen MR) is 108 cm³/mol. The van der Waals surface area contributed by atoms with Crippen LogP contribution in [0.3, 0.4) is 0 Å². The molecule has 0 saturated heterocycles. The van der Waals surface area contributed by atoms with E-state index >= 15 is 0 Å². The van der Waals surface area contributed by atoms with Crippen LogP contribution < -0.4 is 5.32 Å². The predicted octanol–water partition coefficient (Wildman–Crippen LogP) is 4.34. The van der Waals surface area contributed by atoms with Crippen LogP contribution in [0.4, 0.5) is 10.8 Å². The second-order valence-corrected chi connectivity index (χ2v) is 8.04. The van der Waals surface area contributed by atoms with Crippen molar-refractivity contribution in [2.75, 3.05) is 18.1 Å². The van der Waals surface area contributed by atoms with Crippen molar-refractivity contribution in [3.63, 3.8) is 0 Å². The molecular weight excluding hydrogens is 364 g/mol. The van der Waals surface area contributed by atoms with Crippen molar-refractivity contribution < 1.29 is 4.79 Å². The molecule has 0 spiro atoms. The quantitative estimate of drug-likeness (QED) is 0.614. The first-order valence-corrected chi connectivity index (χ1v) is 9.99. The molecule has 1 amide bonds. The summed E-state index contributed by atoms with van der Waals surface area (Å²) in [4.78, 5) is 14.0. The number of hydrogen-bond acceptors (Lipinski definition) is 6. The fourth-order valence-corrected chi connectivity index (χ4v) is 4.03. The first-order valence-electron chi connectivity index (χ1n) is 8.18. The maximum atomic E-state index is 12.3. The normalized spacial score (nSPS) is 10.5. The van der Waals surface area contributed by atoms with Crippen molar-refractivity contribution >= 4 is 39.8 Å². The molecule has 2 aromatic carbocycles. The van der Waals surface area contributed by atoms with E-state index in [2.05, 4.69) is 15.5 Å². The molecule has 1 aromatic heterocycles. The number of rotatable bonds is 7. The first kappa shape index (κ1) is 18.4. The number of nitrogens with one attached hydrogen (secondary N) is 1. The van der Waals surface area contributed by atoms with E-state index in [0.717, 1.165) is 26.3 Å². The molecule has 0 aliphatic carbocycles. The molecular formula is C19H20N4OS2. The number of aryl methyl sites for hydroxylation is 1. The van der Waals surface area contributed by atoms with Gasteiger partial charge in [-0.3, -0.25) is 4.79 Å². The summed E-state index contributed by atoms with van der Waals surface area (Å²) in [6.45, 7) is 2.65. The molecule has 7 heteroatoms. The summed E-state index contributed by atoms with van der Waals surface area (Å²) < 4.78 is 0.780. The Labute approximate surface area is 161 Å². The summed E-state index contributed by atoms with van der Waals surface area (Å²) in [5.41, 5.74) is 3.28. The van der Waals surface area contributed by atoms with Gasteiger partial charge in [0, 0.05) is 19.3 Å². The summed E-state index contributed by atoms with van der Waals surface area (Å²) in [6, 6.07) is 18.0. The fourth-order valence-electron chi connectivity index (χ4n) is 2.33. The molecule has 0 radical (unpaired) electrons. The van der Waals surface area contributed by atoms with Crippen LogP contribution in [0.1, 0.15) is 11.1 Å². The third-order valence-electron chi connectivity index (χ3n) is 3.80. The molecule has 0 aliphatic heterocycles. The summed E-state index contributed by atoms with van der Waals surface area (Å²) >= 11 is 2.87. The maximum Gasteiger partial charge on any atom is 0.233 e. The van der Waals surface area contributed by atoms with Gasteiger partial charge in [-0.1, -0.05) is 71.6 Å². The molecule has 0 unspecified atom stereocenters. The number of amides is 1. The van der Waals surface area contributed by atoms with E-state index in [1.54, 1.807) is 4.90 Å². The number of carbonyl (C=O) groups excluding carboxylic acids is 1. The third-order valence-corrected chi connectivity index (χ3v) is 5.76. The Bertz CT molecular complexity index is 867. The molecule has 5 nitrogen and oxygen atoms in total. The topological polar surface area (TPSA) is 58.1 Å². The fraction of sp³-hybridized carbons (Fsp3) is 0.211. The summed E-state index contributed by atoms with van der Waals surface area (Å²) in [7, 11) is 1.82. The Hall–Kier alpha value is -2.38. The van der Waals surface area contributed by atoms with Crippen LogP contribution in [0, 0.1) is 6.92 Å². The van der Waals surface area contributed by atoms with Gasteiger partial charge in [-0.25, -0.2) is 0 Å². The van der Waals surface area contributed by atoms with Crippen molar-refractivity contribution in [3.8, 4) is 0 Å². The minimum absolute atomic E-state index is 0.0717. The Morgan fingerprint density at radius 1 is 1.12 bits per heavy atom. The van der Waals surface area contributed by atoms with Crippen LogP contribution in [-0.4, -0.2) is 33.8 Å². The molecule has 3 aromatic rings. The number of aromatic nitrogens is 2. The molecule has 3 rings (SSSR count). The maximum absolute atomic E-state index is 12.3. The number of nitrogens with zero attached hydrogens (tertiary/aromatic N) is 3. The standard InChI is InChI=1S/C19H20N4OS2/c1-14-8-6-7-11-16(14)20-18-21-22-19(26-18)25-13-17(24)23(2)12-15-9-4-3-5-10-15/h3-11H,12-13H2,1-2H3,(H,20,21). The molecule has 0 atom stereocenters. The van der Waals surface area contributed by atoms with Crippen molar-refractivity contribution in [3.05, 3.63) is 65.7 Å². The number of anilines is 2. The van der Waals surface area contributed by atoms with Crippen LogP contribution in [0.15, 0.2) is 58.9 Å². The third kappa shape index (κ3) is 5.06. The second kappa shape index (κ2) is 8.82. The van der Waals surface area contributed by atoms with Gasteiger partial charge in [0.2, 0.25) is 11.0 Å². The van der Waals surface area contributed by atoms with Crippen molar-refractivity contribution in [2.45, 2.75) is 17.8 Å². The van der Waals surface area contributed by atoms with E-state index in [0.29, 0.717) is 12.3 Å². The lowest BCUT2D eigenvalue weighted by atomic mass is 10.2. The highest BCUT2D eigenvalue weighted by molar-refractivity contribution is 8.01. The number of benzene rings is 2. The highest BCUT2D eigenvalue weighted by Crippen LogP contribution is 2.28. The average Bonchev–Trinajstić information content (AvgIpc) is 3.10. The van der Waals surface area contributed by atoms with E-state index in [1.165, 1.54) is 23.1 Å². The summed E-state index contributed by atoms with van der Waals surface area (Å²) in [6.07, 6.45) is 0. The Morgan fingerprint density at radius 2 is 1.85 bits per heavy atom. The van der Waals surface area contributed by atoms with Crippen LogP contribution >= 0.6 is 23.1 Å². The van der Waals surface area contributed by atoms with E-state index < -0.39 is 0 Å². The summed E-state index contributed by atoms with van der Waals surface area (Å²) in [5, 5.41) is 12.3. The zero-order chi connectivity index (χ0) is 18.4. The number of thioether (sulfide) groups is 1. The minimum Gasteiger partial charge on any atom is -0.341 e. The molecule has 26 heavy (non-hydrogen) atoms. The first-order chi connectivity index (χ1) is 12.6. The largest absolute Gasteiger partial charge is 0.341 e. The molecule has 0 fully saturated rings. The Kier molecular flexibility index (Phi) is 6.25.